The summed E-state index contributed by atoms with van der Waals surface area (Å²) >= 11 is 0. The Morgan fingerprint density at radius 1 is 1.09 bits per heavy atom. The van der Waals surface area contributed by atoms with Crippen LogP contribution in [-0.2, 0) is 10.3 Å². The van der Waals surface area contributed by atoms with Crippen molar-refractivity contribution in [3.8, 4) is 0 Å². The van der Waals surface area contributed by atoms with Crippen LogP contribution < -0.4 is 0 Å². The molecule has 114 valence electrons. The molecule has 2 aromatic carbocycles. The van der Waals surface area contributed by atoms with Crippen molar-refractivity contribution in [3.05, 3.63) is 71.0 Å². The molecule has 1 atom stereocenters. The predicted molar refractivity (Wildman–Crippen MR) is 84.2 cm³/mol. The average Bonchev–Trinajstić information content (AvgIpc) is 2.86. The van der Waals surface area contributed by atoms with E-state index in [4.69, 9.17) is 4.74 Å². The summed E-state index contributed by atoms with van der Waals surface area (Å²) in [6, 6.07) is 15.2. The van der Waals surface area contributed by atoms with Gasteiger partial charge in [-0.05, 0) is 48.7 Å². The zero-order valence-corrected chi connectivity index (χ0v) is 12.8. The SMILES string of the molecule is CN1CCC2(CC1)O[C@H](c1cccc(F)c1)c1ccccc12. The fourth-order valence-corrected chi connectivity index (χ4v) is 3.78. The van der Waals surface area contributed by atoms with Crippen molar-refractivity contribution in [3.63, 3.8) is 0 Å². The molecule has 22 heavy (non-hydrogen) atoms. The van der Waals surface area contributed by atoms with E-state index in [2.05, 4.69) is 30.1 Å². The van der Waals surface area contributed by atoms with Crippen LogP contribution in [0.2, 0.25) is 0 Å². The number of hydrogen-bond donors (Lipinski definition) is 0. The molecule has 0 bridgehead atoms. The number of ether oxygens (including phenoxy) is 1. The summed E-state index contributed by atoms with van der Waals surface area (Å²) in [5.41, 5.74) is 3.18. The van der Waals surface area contributed by atoms with E-state index in [1.165, 1.54) is 17.2 Å². The van der Waals surface area contributed by atoms with Crippen molar-refractivity contribution in [1.29, 1.82) is 0 Å². The van der Waals surface area contributed by atoms with E-state index in [0.29, 0.717) is 0 Å². The molecule has 4 rings (SSSR count). The van der Waals surface area contributed by atoms with Crippen LogP contribution >= 0.6 is 0 Å². The third kappa shape index (κ3) is 2.16. The van der Waals surface area contributed by atoms with Crippen molar-refractivity contribution in [2.75, 3.05) is 20.1 Å². The van der Waals surface area contributed by atoms with Crippen LogP contribution in [0.25, 0.3) is 0 Å². The molecule has 0 aliphatic carbocycles. The molecule has 0 amide bonds. The summed E-state index contributed by atoms with van der Waals surface area (Å²) in [6.07, 6.45) is 1.83. The minimum absolute atomic E-state index is 0.157. The molecule has 2 aromatic rings. The van der Waals surface area contributed by atoms with Crippen LogP contribution in [0.4, 0.5) is 4.39 Å². The first-order valence-corrected chi connectivity index (χ1v) is 7.89. The highest BCUT2D eigenvalue weighted by atomic mass is 19.1. The van der Waals surface area contributed by atoms with Gasteiger partial charge in [0.2, 0.25) is 0 Å². The number of nitrogens with zero attached hydrogens (tertiary/aromatic N) is 1. The van der Waals surface area contributed by atoms with Crippen molar-refractivity contribution >= 4 is 0 Å². The van der Waals surface area contributed by atoms with Crippen LogP contribution in [0.5, 0.6) is 0 Å². The fourth-order valence-electron chi connectivity index (χ4n) is 3.78. The minimum Gasteiger partial charge on any atom is -0.358 e. The van der Waals surface area contributed by atoms with E-state index in [1.807, 2.05) is 12.1 Å². The topological polar surface area (TPSA) is 12.5 Å². The van der Waals surface area contributed by atoms with Gasteiger partial charge in [0.25, 0.3) is 0 Å². The molecular weight excluding hydrogens is 277 g/mol. The van der Waals surface area contributed by atoms with E-state index in [0.717, 1.165) is 31.5 Å². The summed E-state index contributed by atoms with van der Waals surface area (Å²) in [5, 5.41) is 0. The van der Waals surface area contributed by atoms with Gasteiger partial charge in [0.15, 0.2) is 0 Å². The first-order valence-electron chi connectivity index (χ1n) is 7.89. The Kier molecular flexibility index (Phi) is 3.28. The Morgan fingerprint density at radius 3 is 2.64 bits per heavy atom. The summed E-state index contributed by atoms with van der Waals surface area (Å²) in [4.78, 5) is 2.34. The van der Waals surface area contributed by atoms with Gasteiger partial charge in [0, 0.05) is 13.1 Å². The van der Waals surface area contributed by atoms with E-state index in [9.17, 15) is 4.39 Å². The molecule has 3 heteroatoms. The highest BCUT2D eigenvalue weighted by molar-refractivity contribution is 5.43. The normalized spacial score (nSPS) is 23.6. The molecule has 0 unspecified atom stereocenters. The highest BCUT2D eigenvalue weighted by Crippen LogP contribution is 2.51. The second kappa shape index (κ2) is 5.18. The Balaban J connectivity index is 1.77. The third-order valence-corrected chi connectivity index (χ3v) is 5.02. The molecule has 0 N–H and O–H groups in total. The maximum Gasteiger partial charge on any atom is 0.123 e. The molecule has 1 fully saturated rings. The summed E-state index contributed by atoms with van der Waals surface area (Å²) in [5.74, 6) is -0.206. The molecule has 2 aliphatic heterocycles. The molecule has 1 saturated heterocycles. The molecule has 0 saturated carbocycles. The number of likely N-dealkylation sites (tertiary alicyclic amines) is 1. The lowest BCUT2D eigenvalue weighted by Crippen LogP contribution is -2.40. The lowest BCUT2D eigenvalue weighted by molar-refractivity contribution is -0.0941. The van der Waals surface area contributed by atoms with E-state index in [-0.39, 0.29) is 17.5 Å². The Morgan fingerprint density at radius 2 is 1.86 bits per heavy atom. The summed E-state index contributed by atoms with van der Waals surface area (Å²) in [6.45, 7) is 2.06. The van der Waals surface area contributed by atoms with Gasteiger partial charge in [-0.15, -0.1) is 0 Å². The highest BCUT2D eigenvalue weighted by Gasteiger charge is 2.46. The Labute approximate surface area is 130 Å². The van der Waals surface area contributed by atoms with Gasteiger partial charge in [0.1, 0.15) is 11.9 Å². The third-order valence-electron chi connectivity index (χ3n) is 5.02. The van der Waals surface area contributed by atoms with Gasteiger partial charge in [-0.25, -0.2) is 4.39 Å². The van der Waals surface area contributed by atoms with Gasteiger partial charge in [-0.3, -0.25) is 0 Å². The zero-order chi connectivity index (χ0) is 15.2. The maximum atomic E-state index is 13.6. The number of fused-ring (bicyclic) bond motifs is 2. The van der Waals surface area contributed by atoms with Crippen LogP contribution in [0.1, 0.15) is 35.6 Å². The van der Waals surface area contributed by atoms with Crippen LogP contribution in [0.3, 0.4) is 0 Å². The lowest BCUT2D eigenvalue weighted by atomic mass is 9.83. The number of rotatable bonds is 1. The molecule has 2 heterocycles. The molecule has 1 spiro atoms. The summed E-state index contributed by atoms with van der Waals surface area (Å²) in [7, 11) is 2.15. The largest absolute Gasteiger partial charge is 0.358 e. The van der Waals surface area contributed by atoms with Crippen molar-refractivity contribution in [2.45, 2.75) is 24.5 Å². The van der Waals surface area contributed by atoms with Crippen molar-refractivity contribution < 1.29 is 9.13 Å². The quantitative estimate of drug-likeness (QED) is 0.792. The number of hydrogen-bond acceptors (Lipinski definition) is 2. The second-order valence-electron chi connectivity index (χ2n) is 6.44. The summed E-state index contributed by atoms with van der Waals surface area (Å²) < 4.78 is 20.2. The van der Waals surface area contributed by atoms with E-state index >= 15 is 0 Å². The molecular formula is C19H20FNO. The Bertz CT molecular complexity index is 691. The molecule has 2 nitrogen and oxygen atoms in total. The average molecular weight is 297 g/mol. The van der Waals surface area contributed by atoms with Gasteiger partial charge >= 0.3 is 0 Å². The standard InChI is InChI=1S/C19H20FNO/c1-21-11-9-19(10-12-21)17-8-3-2-7-16(17)18(22-19)14-5-4-6-15(20)13-14/h2-8,13,18H,9-12H2,1H3/t18-/m1/s1. The molecule has 2 aliphatic rings. The van der Waals surface area contributed by atoms with Gasteiger partial charge in [-0.2, -0.15) is 0 Å². The van der Waals surface area contributed by atoms with E-state index < -0.39 is 0 Å². The van der Waals surface area contributed by atoms with E-state index in [1.54, 1.807) is 12.1 Å². The molecule has 0 radical (unpaired) electrons. The maximum absolute atomic E-state index is 13.6. The monoisotopic (exact) mass is 297 g/mol. The first kappa shape index (κ1) is 13.9. The number of halogens is 1. The van der Waals surface area contributed by atoms with Gasteiger partial charge in [-0.1, -0.05) is 36.4 Å². The van der Waals surface area contributed by atoms with Crippen molar-refractivity contribution in [1.82, 2.24) is 4.90 Å². The smallest absolute Gasteiger partial charge is 0.123 e. The second-order valence-corrected chi connectivity index (χ2v) is 6.44. The number of benzene rings is 2. The van der Waals surface area contributed by atoms with Crippen molar-refractivity contribution in [2.24, 2.45) is 0 Å². The van der Waals surface area contributed by atoms with Crippen LogP contribution in [-0.4, -0.2) is 25.0 Å². The predicted octanol–water partition coefficient (Wildman–Crippen LogP) is 3.87. The van der Waals surface area contributed by atoms with Crippen LogP contribution in [0.15, 0.2) is 48.5 Å². The molecule has 0 aromatic heterocycles. The Hall–Kier alpha value is -1.71. The van der Waals surface area contributed by atoms with Gasteiger partial charge < -0.3 is 9.64 Å². The van der Waals surface area contributed by atoms with Crippen LogP contribution in [0, 0.1) is 5.82 Å². The minimum atomic E-state index is -0.208. The first-order chi connectivity index (χ1) is 10.7. The number of piperidine rings is 1. The fraction of sp³-hybridized carbons (Fsp3) is 0.368. The lowest BCUT2D eigenvalue weighted by Gasteiger charge is -2.38. The zero-order valence-electron chi connectivity index (χ0n) is 12.8. The van der Waals surface area contributed by atoms with Gasteiger partial charge in [0.05, 0.1) is 5.60 Å².